The second-order valence-corrected chi connectivity index (χ2v) is 4.17. The molecule has 0 aromatic carbocycles. The van der Waals surface area contributed by atoms with Gasteiger partial charge in [-0.05, 0) is 18.4 Å². The van der Waals surface area contributed by atoms with Crippen LogP contribution < -0.4 is 10.6 Å². The summed E-state index contributed by atoms with van der Waals surface area (Å²) in [7, 11) is 2.04. The average molecular weight is 193 g/mol. The van der Waals surface area contributed by atoms with Crippen molar-refractivity contribution in [2.75, 3.05) is 24.2 Å². The SMILES string of the molecule is Cc1cnc(N(C)CC(C)C)cc1N. The van der Waals surface area contributed by atoms with E-state index < -0.39 is 0 Å². The molecule has 0 spiro atoms. The number of anilines is 2. The van der Waals surface area contributed by atoms with E-state index in [1.54, 1.807) is 0 Å². The second kappa shape index (κ2) is 4.31. The predicted octanol–water partition coefficient (Wildman–Crippen LogP) is 2.06. The fraction of sp³-hybridized carbons (Fsp3) is 0.545. The third kappa shape index (κ3) is 2.62. The Morgan fingerprint density at radius 3 is 2.64 bits per heavy atom. The molecule has 1 aromatic heterocycles. The van der Waals surface area contributed by atoms with Crippen LogP contribution >= 0.6 is 0 Å². The molecule has 78 valence electrons. The molecular weight excluding hydrogens is 174 g/mol. The fourth-order valence-electron chi connectivity index (χ4n) is 1.38. The second-order valence-electron chi connectivity index (χ2n) is 4.17. The van der Waals surface area contributed by atoms with Crippen molar-refractivity contribution >= 4 is 11.5 Å². The topological polar surface area (TPSA) is 42.2 Å². The minimum atomic E-state index is 0.629. The Hall–Kier alpha value is -1.25. The lowest BCUT2D eigenvalue weighted by Crippen LogP contribution is -2.23. The van der Waals surface area contributed by atoms with Gasteiger partial charge in [-0.2, -0.15) is 0 Å². The first-order valence-electron chi connectivity index (χ1n) is 4.94. The molecule has 0 saturated carbocycles. The highest BCUT2D eigenvalue weighted by Gasteiger charge is 2.05. The van der Waals surface area contributed by atoms with Crippen molar-refractivity contribution in [3.63, 3.8) is 0 Å². The highest BCUT2D eigenvalue weighted by Crippen LogP contribution is 2.17. The lowest BCUT2D eigenvalue weighted by Gasteiger charge is -2.20. The normalized spacial score (nSPS) is 10.6. The first-order chi connectivity index (χ1) is 6.50. The van der Waals surface area contributed by atoms with Gasteiger partial charge in [0.15, 0.2) is 0 Å². The van der Waals surface area contributed by atoms with Crippen LogP contribution in [0.15, 0.2) is 12.3 Å². The Bertz CT molecular complexity index is 307. The molecule has 0 amide bonds. The highest BCUT2D eigenvalue weighted by molar-refractivity contribution is 5.54. The summed E-state index contributed by atoms with van der Waals surface area (Å²) in [5.74, 6) is 1.58. The summed E-state index contributed by atoms with van der Waals surface area (Å²) in [5, 5.41) is 0. The van der Waals surface area contributed by atoms with Crippen LogP contribution in [0, 0.1) is 12.8 Å². The average Bonchev–Trinajstić information content (AvgIpc) is 2.08. The van der Waals surface area contributed by atoms with E-state index in [0.29, 0.717) is 5.92 Å². The van der Waals surface area contributed by atoms with Crippen molar-refractivity contribution in [3.8, 4) is 0 Å². The molecule has 0 saturated heterocycles. The van der Waals surface area contributed by atoms with Gasteiger partial charge in [0.1, 0.15) is 5.82 Å². The number of aryl methyl sites for hydroxylation is 1. The first-order valence-corrected chi connectivity index (χ1v) is 4.94. The van der Waals surface area contributed by atoms with Gasteiger partial charge in [0.2, 0.25) is 0 Å². The minimum Gasteiger partial charge on any atom is -0.398 e. The van der Waals surface area contributed by atoms with E-state index in [1.807, 2.05) is 26.2 Å². The third-order valence-corrected chi connectivity index (χ3v) is 2.16. The van der Waals surface area contributed by atoms with Crippen LogP contribution in [0.4, 0.5) is 11.5 Å². The molecule has 0 bridgehead atoms. The molecule has 1 aromatic rings. The molecule has 14 heavy (non-hydrogen) atoms. The molecule has 1 heterocycles. The number of nitrogen functional groups attached to an aromatic ring is 1. The molecule has 0 fully saturated rings. The summed E-state index contributed by atoms with van der Waals surface area (Å²) >= 11 is 0. The molecule has 0 radical (unpaired) electrons. The lowest BCUT2D eigenvalue weighted by molar-refractivity contribution is 0.634. The standard InChI is InChI=1S/C11H19N3/c1-8(2)7-14(4)11-5-10(12)9(3)6-13-11/h5-6,8H,7H2,1-4H3,(H2,12,13). The highest BCUT2D eigenvalue weighted by atomic mass is 15.2. The van der Waals surface area contributed by atoms with E-state index in [4.69, 9.17) is 5.73 Å². The number of hydrogen-bond donors (Lipinski definition) is 1. The maximum absolute atomic E-state index is 5.82. The van der Waals surface area contributed by atoms with Crippen molar-refractivity contribution in [2.24, 2.45) is 5.92 Å². The Labute approximate surface area is 85.9 Å². The zero-order valence-electron chi connectivity index (χ0n) is 9.41. The number of hydrogen-bond acceptors (Lipinski definition) is 3. The summed E-state index contributed by atoms with van der Waals surface area (Å²) < 4.78 is 0. The van der Waals surface area contributed by atoms with Crippen molar-refractivity contribution in [1.29, 1.82) is 0 Å². The van der Waals surface area contributed by atoms with Crippen molar-refractivity contribution in [1.82, 2.24) is 4.98 Å². The molecular formula is C11H19N3. The van der Waals surface area contributed by atoms with Gasteiger partial charge >= 0.3 is 0 Å². The zero-order valence-corrected chi connectivity index (χ0v) is 9.41. The number of rotatable bonds is 3. The van der Waals surface area contributed by atoms with E-state index in [2.05, 4.69) is 23.7 Å². The van der Waals surface area contributed by atoms with Crippen molar-refractivity contribution in [2.45, 2.75) is 20.8 Å². The summed E-state index contributed by atoms with van der Waals surface area (Å²) in [5.41, 5.74) is 7.67. The predicted molar refractivity (Wildman–Crippen MR) is 61.5 cm³/mol. The van der Waals surface area contributed by atoms with Gasteiger partial charge in [-0.3, -0.25) is 0 Å². The molecule has 3 nitrogen and oxygen atoms in total. The van der Waals surface area contributed by atoms with Crippen LogP contribution in [0.3, 0.4) is 0 Å². The van der Waals surface area contributed by atoms with Crippen molar-refractivity contribution < 1.29 is 0 Å². The smallest absolute Gasteiger partial charge is 0.130 e. The maximum atomic E-state index is 5.82. The Balaban J connectivity index is 2.80. The zero-order chi connectivity index (χ0) is 10.7. The van der Waals surface area contributed by atoms with Gasteiger partial charge in [0, 0.05) is 31.5 Å². The van der Waals surface area contributed by atoms with Crippen LogP contribution in [0.2, 0.25) is 0 Å². The van der Waals surface area contributed by atoms with Crippen LogP contribution in [-0.4, -0.2) is 18.6 Å². The summed E-state index contributed by atoms with van der Waals surface area (Å²) in [6.45, 7) is 7.34. The minimum absolute atomic E-state index is 0.629. The number of pyridine rings is 1. The molecule has 1 rings (SSSR count). The van der Waals surface area contributed by atoms with Gasteiger partial charge < -0.3 is 10.6 Å². The van der Waals surface area contributed by atoms with Crippen LogP contribution in [0.5, 0.6) is 0 Å². The largest absolute Gasteiger partial charge is 0.398 e. The van der Waals surface area contributed by atoms with Crippen molar-refractivity contribution in [3.05, 3.63) is 17.8 Å². The quantitative estimate of drug-likeness (QED) is 0.799. The van der Waals surface area contributed by atoms with E-state index in [0.717, 1.165) is 23.6 Å². The van der Waals surface area contributed by atoms with Gasteiger partial charge in [-0.15, -0.1) is 0 Å². The van der Waals surface area contributed by atoms with Gasteiger partial charge in [-0.25, -0.2) is 4.98 Å². The molecule has 0 atom stereocenters. The van der Waals surface area contributed by atoms with E-state index in [1.165, 1.54) is 0 Å². The summed E-state index contributed by atoms with van der Waals surface area (Å²) in [6.07, 6.45) is 1.82. The monoisotopic (exact) mass is 193 g/mol. The van der Waals surface area contributed by atoms with Crippen LogP contribution in [0.1, 0.15) is 19.4 Å². The number of nitrogens with zero attached hydrogens (tertiary/aromatic N) is 2. The molecule has 3 heteroatoms. The van der Waals surface area contributed by atoms with Gasteiger partial charge in [0.05, 0.1) is 0 Å². The number of aromatic nitrogens is 1. The maximum Gasteiger partial charge on any atom is 0.130 e. The van der Waals surface area contributed by atoms with Gasteiger partial charge in [-0.1, -0.05) is 13.8 Å². The molecule has 2 N–H and O–H groups in total. The lowest BCUT2D eigenvalue weighted by atomic mass is 10.2. The summed E-state index contributed by atoms with van der Waals surface area (Å²) in [4.78, 5) is 6.46. The third-order valence-electron chi connectivity index (χ3n) is 2.16. The first kappa shape index (κ1) is 10.8. The van der Waals surface area contributed by atoms with Crippen LogP contribution in [-0.2, 0) is 0 Å². The number of nitrogens with two attached hydrogens (primary N) is 1. The van der Waals surface area contributed by atoms with Crippen LogP contribution in [0.25, 0.3) is 0 Å². The van der Waals surface area contributed by atoms with E-state index in [9.17, 15) is 0 Å². The van der Waals surface area contributed by atoms with E-state index in [-0.39, 0.29) is 0 Å². The molecule has 0 unspecified atom stereocenters. The molecule has 0 aliphatic rings. The molecule has 0 aliphatic heterocycles. The van der Waals surface area contributed by atoms with E-state index >= 15 is 0 Å². The van der Waals surface area contributed by atoms with Gasteiger partial charge in [0.25, 0.3) is 0 Å². The molecule has 0 aliphatic carbocycles. The Kier molecular flexibility index (Phi) is 3.33. The summed E-state index contributed by atoms with van der Waals surface area (Å²) in [6, 6.07) is 1.93. The Morgan fingerprint density at radius 1 is 1.50 bits per heavy atom. The fourth-order valence-corrected chi connectivity index (χ4v) is 1.38. The Morgan fingerprint density at radius 2 is 2.14 bits per heavy atom.